The zero-order valence-corrected chi connectivity index (χ0v) is 26.2. The number of rotatable bonds is 5. The fraction of sp³-hybridized carbons (Fsp3) is 0.933. The number of halogens is 2. The molecule has 0 spiro atoms. The van der Waals surface area contributed by atoms with Gasteiger partial charge in [-0.3, -0.25) is 4.79 Å². The number of aliphatic carboxylic acids is 1. The van der Waals surface area contributed by atoms with Gasteiger partial charge in [-0.1, -0.05) is 20.8 Å². The molecule has 6 nitrogen and oxygen atoms in total. The van der Waals surface area contributed by atoms with E-state index in [1.165, 1.54) is 0 Å². The van der Waals surface area contributed by atoms with E-state index in [1.54, 1.807) is 4.90 Å². The van der Waals surface area contributed by atoms with Crippen LogP contribution >= 0.6 is 0 Å². The second-order valence-corrected chi connectivity index (χ2v) is 14.2. The maximum atomic E-state index is 14.8. The van der Waals surface area contributed by atoms with Crippen LogP contribution in [0.5, 0.6) is 0 Å². The molecule has 11 atom stereocenters. The molecule has 5 aliphatic rings. The summed E-state index contributed by atoms with van der Waals surface area (Å²) >= 11 is 0. The molecule has 0 bridgehead atoms. The summed E-state index contributed by atoms with van der Waals surface area (Å²) in [5.74, 6) is -3.73. The Morgan fingerprint density at radius 1 is 1.05 bits per heavy atom. The van der Waals surface area contributed by atoms with Crippen LogP contribution in [0.1, 0.15) is 91.4 Å². The Morgan fingerprint density at radius 3 is 2.44 bits per heavy atom. The van der Waals surface area contributed by atoms with Crippen LogP contribution in [-0.2, 0) is 9.59 Å². The number of alkyl halides is 2. The zero-order valence-electron chi connectivity index (χ0n) is 24.2. The van der Waals surface area contributed by atoms with Crippen LogP contribution < -0.4 is 34.7 Å². The third kappa shape index (κ3) is 5.48. The van der Waals surface area contributed by atoms with E-state index in [4.69, 9.17) is 0 Å². The van der Waals surface area contributed by atoms with Crippen molar-refractivity contribution >= 4 is 11.9 Å². The molecular formula is C30H46F2NNaO5. The van der Waals surface area contributed by atoms with Crippen molar-refractivity contribution in [1.29, 1.82) is 0 Å². The Labute approximate surface area is 254 Å². The minimum Gasteiger partial charge on any atom is -0.550 e. The first-order chi connectivity index (χ1) is 17.8. The molecule has 39 heavy (non-hydrogen) atoms. The number of fused-ring (bicyclic) bond motifs is 5. The molecule has 1 aliphatic heterocycles. The van der Waals surface area contributed by atoms with E-state index in [-0.39, 0.29) is 83.9 Å². The van der Waals surface area contributed by atoms with Gasteiger partial charge in [-0.25, -0.2) is 8.78 Å². The van der Waals surface area contributed by atoms with E-state index in [9.17, 15) is 33.7 Å². The second-order valence-electron chi connectivity index (χ2n) is 14.2. The maximum Gasteiger partial charge on any atom is 1.00 e. The predicted octanol–water partition coefficient (Wildman–Crippen LogP) is 0.631. The monoisotopic (exact) mass is 561 g/mol. The average molecular weight is 562 g/mol. The molecule has 4 saturated carbocycles. The average Bonchev–Trinajstić information content (AvgIpc) is 3.21. The Kier molecular flexibility index (Phi) is 9.27. The van der Waals surface area contributed by atoms with E-state index in [0.29, 0.717) is 44.1 Å². The van der Waals surface area contributed by atoms with E-state index >= 15 is 0 Å². The van der Waals surface area contributed by atoms with Crippen molar-refractivity contribution in [2.24, 2.45) is 52.3 Å². The second kappa shape index (κ2) is 11.4. The van der Waals surface area contributed by atoms with Crippen LogP contribution in [0.4, 0.5) is 8.78 Å². The quantitative estimate of drug-likeness (QED) is 0.480. The smallest absolute Gasteiger partial charge is 0.550 e. The standard InChI is InChI=1S/C30H47F2NO5.Na/c1-17(6-9-25(36)33-12-4-5-18(15-33)27(37)38)20-7-8-21-26-22(10-11-28(20,21)2)29(3)16-30(31,32)24(35)14-19(29)13-23(26)34;/h17-24,26,34-35H,4-16H2,1-3H3,(H,37,38);/q;+1/p-1/t17-,18+,19-,20-,21?,22?,23+,24-,26?,28-,29+;/m1./s1. The van der Waals surface area contributed by atoms with Crippen molar-refractivity contribution in [2.45, 2.75) is 110 Å². The number of nitrogens with zero attached hydrogens (tertiary/aromatic N) is 1. The van der Waals surface area contributed by atoms with Crippen LogP contribution in [0.15, 0.2) is 0 Å². The molecule has 216 valence electrons. The summed E-state index contributed by atoms with van der Waals surface area (Å²) in [7, 11) is 0. The molecule has 1 saturated heterocycles. The zero-order chi connectivity index (χ0) is 27.6. The molecule has 5 fully saturated rings. The first-order valence-electron chi connectivity index (χ1n) is 15.0. The third-order valence-corrected chi connectivity index (χ3v) is 12.4. The SMILES string of the molecule is C[C@H](CCC(=O)N1CCC[C@H](C(=O)[O-])C1)[C@H]1CCC2C3C(CC[C@@]21C)[C@@]1(C)CC(F)(F)[C@H](O)C[C@H]1C[C@@H]3O.[Na+]. The van der Waals surface area contributed by atoms with E-state index in [0.717, 1.165) is 32.1 Å². The number of hydrogen-bond donors (Lipinski definition) is 2. The van der Waals surface area contributed by atoms with Gasteiger partial charge in [0.25, 0.3) is 5.92 Å². The summed E-state index contributed by atoms with van der Waals surface area (Å²) in [6.45, 7) is 7.40. The van der Waals surface area contributed by atoms with Gasteiger partial charge in [-0.15, -0.1) is 0 Å². The molecule has 0 aromatic heterocycles. The number of carboxylic acids is 1. The number of carbonyl (C=O) groups is 2. The van der Waals surface area contributed by atoms with Gasteiger partial charge in [-0.2, -0.15) is 0 Å². The van der Waals surface area contributed by atoms with Gasteiger partial charge in [0.2, 0.25) is 5.91 Å². The third-order valence-electron chi connectivity index (χ3n) is 12.4. The largest absolute Gasteiger partial charge is 1.00 e. The number of hydrogen-bond acceptors (Lipinski definition) is 5. The minimum atomic E-state index is -3.08. The van der Waals surface area contributed by atoms with E-state index in [1.807, 2.05) is 6.92 Å². The molecule has 2 N–H and O–H groups in total. The number of amides is 1. The maximum absolute atomic E-state index is 14.8. The molecule has 4 aliphatic carbocycles. The fourth-order valence-corrected chi connectivity index (χ4v) is 10.3. The Morgan fingerprint density at radius 2 is 1.74 bits per heavy atom. The van der Waals surface area contributed by atoms with Crippen molar-refractivity contribution in [3.8, 4) is 0 Å². The summed E-state index contributed by atoms with van der Waals surface area (Å²) in [6, 6.07) is 0. The molecule has 0 aromatic carbocycles. The normalized spacial score (nSPS) is 45.8. The number of aliphatic hydroxyl groups is 2. The summed E-state index contributed by atoms with van der Waals surface area (Å²) in [5, 5.41) is 32.7. The van der Waals surface area contributed by atoms with Crippen LogP contribution in [0, 0.1) is 52.3 Å². The predicted molar refractivity (Wildman–Crippen MR) is 136 cm³/mol. The van der Waals surface area contributed by atoms with Gasteiger partial charge in [-0.05, 0) is 104 Å². The Bertz CT molecular complexity index is 937. The van der Waals surface area contributed by atoms with Gasteiger partial charge in [0, 0.05) is 37.8 Å². The van der Waals surface area contributed by atoms with Crippen LogP contribution in [0.2, 0.25) is 0 Å². The topological polar surface area (TPSA) is 101 Å². The van der Waals surface area contributed by atoms with Crippen molar-refractivity contribution in [3.05, 3.63) is 0 Å². The Balaban J connectivity index is 0.00000353. The number of carbonyl (C=O) groups excluding carboxylic acids is 2. The minimum absolute atomic E-state index is 0. The van der Waals surface area contributed by atoms with Gasteiger partial charge >= 0.3 is 29.6 Å². The van der Waals surface area contributed by atoms with Crippen molar-refractivity contribution in [3.63, 3.8) is 0 Å². The van der Waals surface area contributed by atoms with Crippen molar-refractivity contribution < 1.29 is 63.2 Å². The summed E-state index contributed by atoms with van der Waals surface area (Å²) < 4.78 is 29.5. The molecule has 1 heterocycles. The summed E-state index contributed by atoms with van der Waals surface area (Å²) in [4.78, 5) is 25.9. The van der Waals surface area contributed by atoms with Gasteiger partial charge in [0.05, 0.1) is 6.10 Å². The Hall–Kier alpha value is -0.280. The molecule has 1 amide bonds. The molecule has 3 unspecified atom stereocenters. The van der Waals surface area contributed by atoms with Crippen LogP contribution in [0.3, 0.4) is 0 Å². The van der Waals surface area contributed by atoms with Gasteiger partial charge in [0.1, 0.15) is 6.10 Å². The molecule has 9 heteroatoms. The first kappa shape index (κ1) is 31.7. The van der Waals surface area contributed by atoms with E-state index in [2.05, 4.69) is 13.8 Å². The molecule has 5 rings (SSSR count). The molecule has 0 radical (unpaired) electrons. The van der Waals surface area contributed by atoms with E-state index < -0.39 is 35.4 Å². The number of carboxylic acid groups (broad SMARTS) is 1. The first-order valence-corrected chi connectivity index (χ1v) is 15.0. The molecular weight excluding hydrogens is 515 g/mol. The number of aliphatic hydroxyl groups excluding tert-OH is 2. The number of piperidine rings is 1. The van der Waals surface area contributed by atoms with Crippen LogP contribution in [0.25, 0.3) is 0 Å². The number of likely N-dealkylation sites (tertiary alicyclic amines) is 1. The van der Waals surface area contributed by atoms with Crippen LogP contribution in [-0.4, -0.2) is 58.2 Å². The van der Waals surface area contributed by atoms with Crippen molar-refractivity contribution in [1.82, 2.24) is 4.90 Å². The summed E-state index contributed by atoms with van der Waals surface area (Å²) in [6.07, 6.45) is 4.34. The van der Waals surface area contributed by atoms with Gasteiger partial charge in [0.15, 0.2) is 0 Å². The summed E-state index contributed by atoms with van der Waals surface area (Å²) in [5.41, 5.74) is -0.558. The van der Waals surface area contributed by atoms with Gasteiger partial charge < -0.3 is 25.0 Å². The molecule has 0 aromatic rings. The fourth-order valence-electron chi connectivity index (χ4n) is 10.3. The van der Waals surface area contributed by atoms with Crippen molar-refractivity contribution in [2.75, 3.05) is 13.1 Å².